The Kier molecular flexibility index (Phi) is 6.62. The quantitative estimate of drug-likeness (QED) is 0.441. The number of anilines is 2. The van der Waals surface area contributed by atoms with Crippen molar-refractivity contribution in [1.82, 2.24) is 0 Å². The molecule has 0 saturated heterocycles. The van der Waals surface area contributed by atoms with Gasteiger partial charge in [0.25, 0.3) is 5.91 Å². The Bertz CT molecular complexity index is 1130. The van der Waals surface area contributed by atoms with Gasteiger partial charge in [0.1, 0.15) is 0 Å². The van der Waals surface area contributed by atoms with Gasteiger partial charge in [0, 0.05) is 11.3 Å². The van der Waals surface area contributed by atoms with E-state index in [4.69, 9.17) is 11.6 Å². The van der Waals surface area contributed by atoms with Gasteiger partial charge in [0.2, 0.25) is 5.91 Å². The Hall–Kier alpha value is -3.37. The summed E-state index contributed by atoms with van der Waals surface area (Å²) >= 11 is 6.45. The average molecular weight is 433 g/mol. The molecule has 4 nitrogen and oxygen atoms in total. The topological polar surface area (TPSA) is 58.2 Å². The normalized spacial score (nSPS) is 11.0. The molecule has 0 aromatic heterocycles. The molecule has 0 radical (unpaired) electrons. The molecule has 0 unspecified atom stereocenters. The van der Waals surface area contributed by atoms with Crippen molar-refractivity contribution in [3.8, 4) is 11.1 Å². The van der Waals surface area contributed by atoms with Gasteiger partial charge in [-0.25, -0.2) is 0 Å². The van der Waals surface area contributed by atoms with E-state index in [9.17, 15) is 9.59 Å². The molecule has 2 amide bonds. The van der Waals surface area contributed by atoms with Crippen molar-refractivity contribution in [1.29, 1.82) is 0 Å². The Balaban J connectivity index is 1.76. The van der Waals surface area contributed by atoms with Crippen molar-refractivity contribution in [2.24, 2.45) is 0 Å². The molecule has 0 aliphatic carbocycles. The monoisotopic (exact) mass is 432 g/mol. The molecule has 0 aliphatic rings. The van der Waals surface area contributed by atoms with Crippen LogP contribution in [-0.2, 0) is 10.2 Å². The van der Waals surface area contributed by atoms with E-state index >= 15 is 0 Å². The second kappa shape index (κ2) is 9.19. The summed E-state index contributed by atoms with van der Waals surface area (Å²) in [6, 6.07) is 20.6. The zero-order valence-electron chi connectivity index (χ0n) is 17.8. The third-order valence-corrected chi connectivity index (χ3v) is 5.19. The maximum Gasteiger partial charge on any atom is 0.255 e. The van der Waals surface area contributed by atoms with Crippen LogP contribution in [0, 0.1) is 0 Å². The Morgan fingerprint density at radius 2 is 1.58 bits per heavy atom. The van der Waals surface area contributed by atoms with Crippen LogP contribution in [0.4, 0.5) is 11.4 Å². The van der Waals surface area contributed by atoms with Crippen LogP contribution in [0.1, 0.15) is 36.7 Å². The van der Waals surface area contributed by atoms with Gasteiger partial charge >= 0.3 is 0 Å². The van der Waals surface area contributed by atoms with Crippen molar-refractivity contribution in [3.63, 3.8) is 0 Å². The Morgan fingerprint density at radius 3 is 2.19 bits per heavy atom. The molecule has 158 valence electrons. The number of rotatable bonds is 5. The lowest BCUT2D eigenvalue weighted by Crippen LogP contribution is -2.13. The van der Waals surface area contributed by atoms with Gasteiger partial charge in [-0.05, 0) is 58.5 Å². The molecule has 0 saturated carbocycles. The van der Waals surface area contributed by atoms with Crippen molar-refractivity contribution >= 4 is 34.8 Å². The summed E-state index contributed by atoms with van der Waals surface area (Å²) in [5.41, 5.74) is 4.81. The van der Waals surface area contributed by atoms with Crippen LogP contribution in [0.2, 0.25) is 5.02 Å². The highest BCUT2D eigenvalue weighted by Crippen LogP contribution is 2.31. The molecule has 31 heavy (non-hydrogen) atoms. The molecule has 0 bridgehead atoms. The summed E-state index contributed by atoms with van der Waals surface area (Å²) in [4.78, 5) is 24.1. The highest BCUT2D eigenvalue weighted by Gasteiger charge is 2.14. The van der Waals surface area contributed by atoms with Crippen LogP contribution in [-0.4, -0.2) is 11.8 Å². The first kappa shape index (κ1) is 22.3. The van der Waals surface area contributed by atoms with Crippen molar-refractivity contribution in [2.75, 3.05) is 10.6 Å². The molecule has 3 aromatic carbocycles. The standard InChI is InChI=1S/C26H25ClN2O2/c1-5-24(30)28-21-8-6-7-19(15-21)25(31)29-23-14-11-18(16-22(23)27)17-9-12-20(13-10-17)26(2,3)4/h5-16H,1H2,2-4H3,(H,28,30)(H,29,31). The van der Waals surface area contributed by atoms with Gasteiger partial charge in [-0.2, -0.15) is 0 Å². The van der Waals surface area contributed by atoms with E-state index in [0.29, 0.717) is 22.0 Å². The summed E-state index contributed by atoms with van der Waals surface area (Å²) in [5, 5.41) is 5.91. The number of carbonyl (C=O) groups excluding carboxylic acids is 2. The summed E-state index contributed by atoms with van der Waals surface area (Å²) in [5.74, 6) is -0.661. The lowest BCUT2D eigenvalue weighted by molar-refractivity contribution is -0.111. The minimum absolute atomic E-state index is 0.0934. The van der Waals surface area contributed by atoms with Crippen LogP contribution in [0.3, 0.4) is 0 Å². The number of hydrogen-bond acceptors (Lipinski definition) is 2. The lowest BCUT2D eigenvalue weighted by Gasteiger charge is -2.19. The largest absolute Gasteiger partial charge is 0.323 e. The number of benzene rings is 3. The molecule has 0 spiro atoms. The molecule has 5 heteroatoms. The zero-order valence-corrected chi connectivity index (χ0v) is 18.6. The summed E-state index contributed by atoms with van der Waals surface area (Å²) in [7, 11) is 0. The van der Waals surface area contributed by atoms with E-state index in [2.05, 4.69) is 62.2 Å². The highest BCUT2D eigenvalue weighted by molar-refractivity contribution is 6.34. The fourth-order valence-electron chi connectivity index (χ4n) is 3.08. The molecular weight excluding hydrogens is 408 g/mol. The van der Waals surface area contributed by atoms with Crippen LogP contribution < -0.4 is 10.6 Å². The first-order valence-electron chi connectivity index (χ1n) is 9.92. The second-order valence-electron chi connectivity index (χ2n) is 8.25. The minimum Gasteiger partial charge on any atom is -0.323 e. The Morgan fingerprint density at radius 1 is 0.903 bits per heavy atom. The highest BCUT2D eigenvalue weighted by atomic mass is 35.5. The molecule has 0 fully saturated rings. The molecular formula is C26H25ClN2O2. The van der Waals surface area contributed by atoms with Crippen molar-refractivity contribution in [2.45, 2.75) is 26.2 Å². The first-order chi connectivity index (χ1) is 14.7. The maximum absolute atomic E-state index is 12.7. The second-order valence-corrected chi connectivity index (χ2v) is 8.66. The van der Waals surface area contributed by atoms with E-state index in [1.165, 1.54) is 11.6 Å². The van der Waals surface area contributed by atoms with Gasteiger partial charge in [-0.3, -0.25) is 9.59 Å². The molecule has 0 atom stereocenters. The van der Waals surface area contributed by atoms with Gasteiger partial charge in [0.15, 0.2) is 0 Å². The van der Waals surface area contributed by atoms with Crippen molar-refractivity contribution < 1.29 is 9.59 Å². The lowest BCUT2D eigenvalue weighted by atomic mass is 9.86. The Labute approximate surface area is 188 Å². The van der Waals surface area contributed by atoms with Gasteiger partial charge in [-0.15, -0.1) is 0 Å². The summed E-state index contributed by atoms with van der Waals surface area (Å²) in [6.45, 7) is 9.96. The number of hydrogen-bond donors (Lipinski definition) is 2. The maximum atomic E-state index is 12.7. The van der Waals surface area contributed by atoms with E-state index < -0.39 is 0 Å². The van der Waals surface area contributed by atoms with Gasteiger partial charge in [0.05, 0.1) is 10.7 Å². The molecule has 0 aliphatic heterocycles. The van der Waals surface area contributed by atoms with E-state index in [-0.39, 0.29) is 17.2 Å². The predicted molar refractivity (Wildman–Crippen MR) is 129 cm³/mol. The summed E-state index contributed by atoms with van der Waals surface area (Å²) in [6.07, 6.45) is 1.17. The smallest absolute Gasteiger partial charge is 0.255 e. The fourth-order valence-corrected chi connectivity index (χ4v) is 3.31. The van der Waals surface area contributed by atoms with E-state index in [0.717, 1.165) is 11.1 Å². The van der Waals surface area contributed by atoms with Gasteiger partial charge in [-0.1, -0.05) is 75.3 Å². The molecule has 2 N–H and O–H groups in total. The van der Waals surface area contributed by atoms with Crippen LogP contribution in [0.15, 0.2) is 79.4 Å². The summed E-state index contributed by atoms with van der Waals surface area (Å²) < 4.78 is 0. The van der Waals surface area contributed by atoms with E-state index in [1.807, 2.05) is 12.1 Å². The molecule has 0 heterocycles. The number of carbonyl (C=O) groups is 2. The molecule has 3 rings (SSSR count). The van der Waals surface area contributed by atoms with Gasteiger partial charge < -0.3 is 10.6 Å². The first-order valence-corrected chi connectivity index (χ1v) is 10.3. The number of nitrogens with one attached hydrogen (secondary N) is 2. The van der Waals surface area contributed by atoms with Crippen LogP contribution >= 0.6 is 11.6 Å². The molecule has 3 aromatic rings. The SMILES string of the molecule is C=CC(=O)Nc1cccc(C(=O)Nc2ccc(-c3ccc(C(C)(C)C)cc3)cc2Cl)c1. The number of amides is 2. The zero-order chi connectivity index (χ0) is 22.6. The average Bonchev–Trinajstić information content (AvgIpc) is 2.74. The van der Waals surface area contributed by atoms with E-state index in [1.54, 1.807) is 30.3 Å². The number of halogens is 1. The van der Waals surface area contributed by atoms with Crippen LogP contribution in [0.25, 0.3) is 11.1 Å². The third kappa shape index (κ3) is 5.62. The van der Waals surface area contributed by atoms with Crippen LogP contribution in [0.5, 0.6) is 0 Å². The predicted octanol–water partition coefficient (Wildman–Crippen LogP) is 6.68. The third-order valence-electron chi connectivity index (χ3n) is 4.88. The minimum atomic E-state index is -0.341. The van der Waals surface area contributed by atoms with Crippen molar-refractivity contribution in [3.05, 3.63) is 95.5 Å². The fraction of sp³-hybridized carbons (Fsp3) is 0.154.